The van der Waals surface area contributed by atoms with Crippen LogP contribution in [0.5, 0.6) is 0 Å². The van der Waals surface area contributed by atoms with E-state index in [1.165, 1.54) is 112 Å². The van der Waals surface area contributed by atoms with Crippen molar-refractivity contribution in [2.24, 2.45) is 11.1 Å². The number of nitrogens with two attached hydrogens (primary N) is 1. The van der Waals surface area contributed by atoms with Gasteiger partial charge in [-0.05, 0) is 53.5 Å². The van der Waals surface area contributed by atoms with E-state index in [2.05, 4.69) is 68.6 Å². The van der Waals surface area contributed by atoms with Crippen molar-refractivity contribution in [2.45, 2.75) is 110 Å². The number of hydrogen-bond donors (Lipinski definition) is 1. The van der Waals surface area contributed by atoms with Crippen LogP contribution < -0.4 is 5.73 Å². The minimum Gasteiger partial charge on any atom is -0.330 e. The lowest BCUT2D eigenvalue weighted by Gasteiger charge is -2.33. The van der Waals surface area contributed by atoms with Crippen molar-refractivity contribution in [2.75, 3.05) is 6.54 Å². The van der Waals surface area contributed by atoms with Crippen LogP contribution in [0.2, 0.25) is 0 Å². The molecule has 0 atom stereocenters. The fraction of sp³-hybridized carbons (Fsp3) is 0.543. The molecular formula is C35H53N. The van der Waals surface area contributed by atoms with Crippen LogP contribution in [0.15, 0.2) is 61.7 Å². The Morgan fingerprint density at radius 3 is 1.28 bits per heavy atom. The standard InChI is InChI=1S/C35H53N/c1-4-7-8-9-10-11-12-13-14-15-16-17-18-27-35(30-36,28-33-23-19-31(5-2)20-24-33)29-34-25-21-32(6-3)22-26-34/h5-6,19-26H,2-4,7-18,27-30,36H2,1H3. The van der Waals surface area contributed by atoms with Crippen LogP contribution in [0.25, 0.3) is 12.2 Å². The van der Waals surface area contributed by atoms with E-state index in [9.17, 15) is 0 Å². The van der Waals surface area contributed by atoms with Gasteiger partial charge in [-0.3, -0.25) is 0 Å². The molecule has 0 bridgehead atoms. The summed E-state index contributed by atoms with van der Waals surface area (Å²) < 4.78 is 0. The highest BCUT2D eigenvalue weighted by atomic mass is 14.6. The first-order chi connectivity index (χ1) is 17.6. The molecule has 2 rings (SSSR count). The Morgan fingerprint density at radius 1 is 0.583 bits per heavy atom. The molecule has 1 nitrogen and oxygen atoms in total. The van der Waals surface area contributed by atoms with Gasteiger partial charge in [0, 0.05) is 0 Å². The lowest BCUT2D eigenvalue weighted by molar-refractivity contribution is 0.256. The van der Waals surface area contributed by atoms with Gasteiger partial charge in [-0.15, -0.1) is 0 Å². The van der Waals surface area contributed by atoms with Gasteiger partial charge in [-0.1, -0.05) is 164 Å². The van der Waals surface area contributed by atoms with E-state index in [4.69, 9.17) is 5.73 Å². The van der Waals surface area contributed by atoms with Gasteiger partial charge in [-0.2, -0.15) is 0 Å². The minimum absolute atomic E-state index is 0.100. The number of unbranched alkanes of at least 4 members (excludes halogenated alkanes) is 12. The highest BCUT2D eigenvalue weighted by Gasteiger charge is 2.29. The fourth-order valence-electron chi connectivity index (χ4n) is 5.41. The summed E-state index contributed by atoms with van der Waals surface area (Å²) in [6.07, 6.45) is 25.2. The molecular weight excluding hydrogens is 434 g/mol. The number of rotatable bonds is 21. The number of benzene rings is 2. The van der Waals surface area contributed by atoms with Crippen molar-refractivity contribution in [3.05, 3.63) is 83.9 Å². The van der Waals surface area contributed by atoms with Gasteiger partial charge in [0.15, 0.2) is 0 Å². The summed E-state index contributed by atoms with van der Waals surface area (Å²) in [7, 11) is 0. The van der Waals surface area contributed by atoms with E-state index < -0.39 is 0 Å². The van der Waals surface area contributed by atoms with Crippen molar-refractivity contribution in [3.63, 3.8) is 0 Å². The Bertz CT molecular complexity index is 776. The topological polar surface area (TPSA) is 26.0 Å². The second-order valence-electron chi connectivity index (χ2n) is 10.9. The first kappa shape index (κ1) is 30.1. The largest absolute Gasteiger partial charge is 0.330 e. The molecule has 0 aromatic heterocycles. The lowest BCUT2D eigenvalue weighted by atomic mass is 9.73. The molecule has 36 heavy (non-hydrogen) atoms. The van der Waals surface area contributed by atoms with Crippen LogP contribution in [0.4, 0.5) is 0 Å². The van der Waals surface area contributed by atoms with Crippen molar-refractivity contribution in [3.8, 4) is 0 Å². The first-order valence-electron chi connectivity index (χ1n) is 14.8. The third kappa shape index (κ3) is 11.7. The zero-order chi connectivity index (χ0) is 25.9. The zero-order valence-electron chi connectivity index (χ0n) is 23.3. The van der Waals surface area contributed by atoms with Gasteiger partial charge < -0.3 is 5.73 Å². The smallest absolute Gasteiger partial charge is 0.00141 e. The Hall–Kier alpha value is -2.12. The average molecular weight is 488 g/mol. The molecule has 0 radical (unpaired) electrons. The molecule has 0 spiro atoms. The highest BCUT2D eigenvalue weighted by Crippen LogP contribution is 2.33. The second kappa shape index (κ2) is 18.2. The molecule has 0 amide bonds. The molecule has 1 heteroatoms. The molecule has 2 aromatic carbocycles. The SMILES string of the molecule is C=Cc1ccc(CC(CN)(CCCCCCCCCCCCCCC)Cc2ccc(C=C)cc2)cc1. The highest BCUT2D eigenvalue weighted by molar-refractivity contribution is 5.48. The van der Waals surface area contributed by atoms with E-state index in [0.717, 1.165) is 19.4 Å². The van der Waals surface area contributed by atoms with Crippen LogP contribution in [-0.2, 0) is 12.8 Å². The van der Waals surface area contributed by atoms with Gasteiger partial charge in [0.2, 0.25) is 0 Å². The van der Waals surface area contributed by atoms with Crippen molar-refractivity contribution < 1.29 is 0 Å². The maximum Gasteiger partial charge on any atom is -0.00141 e. The van der Waals surface area contributed by atoms with Crippen molar-refractivity contribution >= 4 is 12.2 Å². The summed E-state index contributed by atoms with van der Waals surface area (Å²) in [6, 6.07) is 17.7. The van der Waals surface area contributed by atoms with E-state index in [1.54, 1.807) is 0 Å². The molecule has 0 aliphatic heterocycles. The molecule has 0 unspecified atom stereocenters. The van der Waals surface area contributed by atoms with Gasteiger partial charge >= 0.3 is 0 Å². The number of hydrogen-bond acceptors (Lipinski definition) is 1. The molecule has 0 fully saturated rings. The third-order valence-corrected chi connectivity index (χ3v) is 7.83. The average Bonchev–Trinajstić information content (AvgIpc) is 2.92. The fourth-order valence-corrected chi connectivity index (χ4v) is 5.41. The Balaban J connectivity index is 1.82. The molecule has 198 valence electrons. The van der Waals surface area contributed by atoms with Crippen molar-refractivity contribution in [1.82, 2.24) is 0 Å². The van der Waals surface area contributed by atoms with E-state index >= 15 is 0 Å². The monoisotopic (exact) mass is 487 g/mol. The predicted octanol–water partition coefficient (Wildman–Crippen LogP) is 10.2. The molecule has 0 saturated carbocycles. The molecule has 2 aromatic rings. The predicted molar refractivity (Wildman–Crippen MR) is 162 cm³/mol. The summed E-state index contributed by atoms with van der Waals surface area (Å²) in [4.78, 5) is 0. The molecule has 0 aliphatic carbocycles. The summed E-state index contributed by atoms with van der Waals surface area (Å²) in [5.41, 5.74) is 11.7. The first-order valence-corrected chi connectivity index (χ1v) is 14.8. The van der Waals surface area contributed by atoms with E-state index in [-0.39, 0.29) is 5.41 Å². The molecule has 0 heterocycles. The normalized spacial score (nSPS) is 11.5. The second-order valence-corrected chi connectivity index (χ2v) is 10.9. The minimum atomic E-state index is 0.100. The zero-order valence-corrected chi connectivity index (χ0v) is 23.3. The van der Waals surface area contributed by atoms with Crippen LogP contribution in [0.1, 0.15) is 119 Å². The maximum absolute atomic E-state index is 6.53. The van der Waals surface area contributed by atoms with Gasteiger partial charge in [0.05, 0.1) is 0 Å². The third-order valence-electron chi connectivity index (χ3n) is 7.83. The summed E-state index contributed by atoms with van der Waals surface area (Å²) in [5, 5.41) is 0. The van der Waals surface area contributed by atoms with Gasteiger partial charge in [-0.25, -0.2) is 0 Å². The molecule has 2 N–H and O–H groups in total. The van der Waals surface area contributed by atoms with E-state index in [1.807, 2.05) is 12.2 Å². The van der Waals surface area contributed by atoms with Crippen LogP contribution in [0.3, 0.4) is 0 Å². The molecule has 0 aliphatic rings. The Morgan fingerprint density at radius 2 is 0.944 bits per heavy atom. The van der Waals surface area contributed by atoms with Crippen LogP contribution >= 0.6 is 0 Å². The van der Waals surface area contributed by atoms with Gasteiger partial charge in [0.1, 0.15) is 0 Å². The maximum atomic E-state index is 6.53. The summed E-state index contributed by atoms with van der Waals surface area (Å²) in [5.74, 6) is 0. The van der Waals surface area contributed by atoms with Gasteiger partial charge in [0.25, 0.3) is 0 Å². The molecule has 0 saturated heterocycles. The summed E-state index contributed by atoms with van der Waals surface area (Å²) >= 11 is 0. The van der Waals surface area contributed by atoms with Crippen molar-refractivity contribution in [1.29, 1.82) is 0 Å². The lowest BCUT2D eigenvalue weighted by Crippen LogP contribution is -2.35. The van der Waals surface area contributed by atoms with Crippen LogP contribution in [-0.4, -0.2) is 6.54 Å². The Labute approximate surface area is 223 Å². The van der Waals surface area contributed by atoms with E-state index in [0.29, 0.717) is 0 Å². The quantitative estimate of drug-likeness (QED) is 0.174. The summed E-state index contributed by atoms with van der Waals surface area (Å²) in [6.45, 7) is 10.8. The Kier molecular flexibility index (Phi) is 15.2. The van der Waals surface area contributed by atoms with Crippen LogP contribution in [0, 0.1) is 5.41 Å².